The van der Waals surface area contributed by atoms with E-state index in [0.29, 0.717) is 17.3 Å². The topological polar surface area (TPSA) is 39.2 Å². The van der Waals surface area contributed by atoms with Crippen LogP contribution < -0.4 is 0 Å². The van der Waals surface area contributed by atoms with Crippen LogP contribution >= 0.6 is 11.6 Å². The Labute approximate surface area is 101 Å². The van der Waals surface area contributed by atoms with Crippen LogP contribution in [0.4, 0.5) is 0 Å². The maximum absolute atomic E-state index is 11.6. The summed E-state index contributed by atoms with van der Waals surface area (Å²) in [5.41, 5.74) is 1.32. The number of halogens is 1. The highest BCUT2D eigenvalue weighted by molar-refractivity contribution is 6.29. The van der Waals surface area contributed by atoms with E-state index in [2.05, 4.69) is 11.9 Å². The predicted molar refractivity (Wildman–Crippen MR) is 63.8 cm³/mol. The van der Waals surface area contributed by atoms with Crippen molar-refractivity contribution in [3.05, 3.63) is 28.5 Å². The van der Waals surface area contributed by atoms with Crippen molar-refractivity contribution < 1.29 is 9.53 Å². The third kappa shape index (κ3) is 3.81. The molecule has 0 fully saturated rings. The number of rotatable bonds is 5. The lowest BCUT2D eigenvalue weighted by Gasteiger charge is -2.05. The minimum Gasteiger partial charge on any atom is -0.462 e. The van der Waals surface area contributed by atoms with Gasteiger partial charge in [-0.2, -0.15) is 0 Å². The van der Waals surface area contributed by atoms with Gasteiger partial charge in [-0.25, -0.2) is 9.78 Å². The van der Waals surface area contributed by atoms with Gasteiger partial charge in [-0.05, 0) is 25.0 Å². The van der Waals surface area contributed by atoms with Crippen LogP contribution in [0.25, 0.3) is 0 Å². The van der Waals surface area contributed by atoms with E-state index in [0.717, 1.165) is 25.0 Å². The van der Waals surface area contributed by atoms with Crippen molar-refractivity contribution in [2.24, 2.45) is 0 Å². The molecule has 0 aliphatic rings. The van der Waals surface area contributed by atoms with E-state index in [1.807, 2.05) is 6.92 Å². The van der Waals surface area contributed by atoms with Crippen LogP contribution in [0.1, 0.15) is 42.7 Å². The van der Waals surface area contributed by atoms with Crippen LogP contribution in [0.3, 0.4) is 0 Å². The third-order valence-corrected chi connectivity index (χ3v) is 2.22. The van der Waals surface area contributed by atoms with Gasteiger partial charge in [-0.3, -0.25) is 0 Å². The van der Waals surface area contributed by atoms with Gasteiger partial charge in [0.25, 0.3) is 0 Å². The molecular formula is C12H16ClNO2. The Balaban J connectivity index is 2.82. The van der Waals surface area contributed by atoms with Crippen molar-refractivity contribution in [1.29, 1.82) is 0 Å². The third-order valence-electron chi connectivity index (χ3n) is 2.03. The summed E-state index contributed by atoms with van der Waals surface area (Å²) < 4.78 is 5.04. The molecule has 0 amide bonds. The lowest BCUT2D eigenvalue weighted by molar-refractivity contribution is 0.0505. The van der Waals surface area contributed by atoms with Crippen molar-refractivity contribution in [2.45, 2.75) is 33.1 Å². The number of hydrogen-bond donors (Lipinski definition) is 0. The van der Waals surface area contributed by atoms with Crippen LogP contribution in [0.2, 0.25) is 5.15 Å². The van der Waals surface area contributed by atoms with Crippen molar-refractivity contribution in [1.82, 2.24) is 4.98 Å². The van der Waals surface area contributed by atoms with Crippen LogP contribution in [-0.2, 0) is 11.2 Å². The number of aromatic nitrogens is 1. The Morgan fingerprint density at radius 2 is 2.12 bits per heavy atom. The Morgan fingerprint density at radius 3 is 2.75 bits per heavy atom. The lowest BCUT2D eigenvalue weighted by atomic mass is 10.2. The lowest BCUT2D eigenvalue weighted by Crippen LogP contribution is -2.07. The van der Waals surface area contributed by atoms with E-state index < -0.39 is 0 Å². The molecule has 0 aliphatic heterocycles. The molecule has 4 heteroatoms. The van der Waals surface area contributed by atoms with Crippen LogP contribution in [0.15, 0.2) is 12.1 Å². The maximum Gasteiger partial charge on any atom is 0.338 e. The number of aryl methyl sites for hydroxylation is 1. The van der Waals surface area contributed by atoms with Crippen molar-refractivity contribution in [3.8, 4) is 0 Å². The van der Waals surface area contributed by atoms with Gasteiger partial charge in [0.2, 0.25) is 0 Å². The van der Waals surface area contributed by atoms with Gasteiger partial charge >= 0.3 is 5.97 Å². The van der Waals surface area contributed by atoms with Gasteiger partial charge in [-0.15, -0.1) is 0 Å². The number of ether oxygens (including phenoxy) is 1. The van der Waals surface area contributed by atoms with E-state index in [1.54, 1.807) is 12.1 Å². The minimum absolute atomic E-state index is 0.330. The van der Waals surface area contributed by atoms with E-state index in [9.17, 15) is 4.79 Å². The molecule has 0 atom stereocenters. The predicted octanol–water partition coefficient (Wildman–Crippen LogP) is 3.25. The second kappa shape index (κ2) is 6.48. The zero-order valence-electron chi connectivity index (χ0n) is 9.62. The highest BCUT2D eigenvalue weighted by Gasteiger charge is 2.09. The molecule has 1 aromatic rings. The molecule has 0 aliphatic carbocycles. The number of carbonyl (C=O) groups is 1. The van der Waals surface area contributed by atoms with Gasteiger partial charge in [0.05, 0.1) is 12.2 Å². The van der Waals surface area contributed by atoms with Gasteiger partial charge in [0.15, 0.2) is 0 Å². The van der Waals surface area contributed by atoms with Crippen molar-refractivity contribution in [2.75, 3.05) is 6.61 Å². The van der Waals surface area contributed by atoms with Crippen molar-refractivity contribution >= 4 is 17.6 Å². The van der Waals surface area contributed by atoms with E-state index in [-0.39, 0.29) is 5.97 Å². The van der Waals surface area contributed by atoms with E-state index >= 15 is 0 Å². The Hall–Kier alpha value is -1.09. The summed E-state index contributed by atoms with van der Waals surface area (Å²) in [6.07, 6.45) is 2.60. The summed E-state index contributed by atoms with van der Waals surface area (Å²) in [6, 6.07) is 3.28. The molecule has 0 aromatic carbocycles. The van der Waals surface area contributed by atoms with Gasteiger partial charge in [0, 0.05) is 5.69 Å². The van der Waals surface area contributed by atoms with E-state index in [4.69, 9.17) is 16.3 Å². The molecule has 0 saturated heterocycles. The van der Waals surface area contributed by atoms with Gasteiger partial charge in [-0.1, -0.05) is 31.9 Å². The largest absolute Gasteiger partial charge is 0.462 e. The molecule has 0 radical (unpaired) electrons. The fourth-order valence-corrected chi connectivity index (χ4v) is 1.56. The number of carbonyl (C=O) groups excluding carboxylic acids is 1. The molecule has 0 unspecified atom stereocenters. The quantitative estimate of drug-likeness (QED) is 0.587. The van der Waals surface area contributed by atoms with Crippen LogP contribution in [0.5, 0.6) is 0 Å². The fraction of sp³-hybridized carbons (Fsp3) is 0.500. The summed E-state index contributed by atoms with van der Waals surface area (Å²) in [5, 5.41) is 0.342. The number of pyridine rings is 1. The average molecular weight is 242 g/mol. The zero-order chi connectivity index (χ0) is 12.0. The maximum atomic E-state index is 11.6. The first-order valence-electron chi connectivity index (χ1n) is 5.51. The summed E-state index contributed by atoms with van der Waals surface area (Å²) >= 11 is 5.84. The first-order chi connectivity index (χ1) is 7.67. The normalized spacial score (nSPS) is 10.2. The second-order valence-electron chi connectivity index (χ2n) is 3.56. The molecule has 88 valence electrons. The summed E-state index contributed by atoms with van der Waals surface area (Å²) in [7, 11) is 0. The number of nitrogens with zero attached hydrogens (tertiary/aromatic N) is 1. The Kier molecular flexibility index (Phi) is 5.26. The molecule has 3 nitrogen and oxygen atoms in total. The molecule has 1 aromatic heterocycles. The highest BCUT2D eigenvalue weighted by Crippen LogP contribution is 2.13. The van der Waals surface area contributed by atoms with Gasteiger partial charge in [0.1, 0.15) is 5.15 Å². The second-order valence-corrected chi connectivity index (χ2v) is 3.94. The summed E-state index contributed by atoms with van der Waals surface area (Å²) in [5.74, 6) is -0.330. The molecule has 1 rings (SSSR count). The summed E-state index contributed by atoms with van der Waals surface area (Å²) in [6.45, 7) is 4.44. The van der Waals surface area contributed by atoms with E-state index in [1.165, 1.54) is 0 Å². The Bertz CT molecular complexity index is 366. The van der Waals surface area contributed by atoms with Crippen LogP contribution in [0, 0.1) is 0 Å². The first-order valence-corrected chi connectivity index (χ1v) is 5.88. The monoisotopic (exact) mass is 241 g/mol. The van der Waals surface area contributed by atoms with Crippen LogP contribution in [-0.4, -0.2) is 17.6 Å². The highest BCUT2D eigenvalue weighted by atomic mass is 35.5. The van der Waals surface area contributed by atoms with Gasteiger partial charge < -0.3 is 4.74 Å². The molecule has 0 saturated carbocycles. The Morgan fingerprint density at radius 1 is 1.38 bits per heavy atom. The zero-order valence-corrected chi connectivity index (χ0v) is 10.4. The first kappa shape index (κ1) is 13.0. The average Bonchev–Trinajstić information content (AvgIpc) is 2.25. The molecule has 0 bridgehead atoms. The molecular weight excluding hydrogens is 226 g/mol. The summed E-state index contributed by atoms with van der Waals surface area (Å²) in [4.78, 5) is 15.7. The van der Waals surface area contributed by atoms with Crippen molar-refractivity contribution in [3.63, 3.8) is 0 Å². The molecule has 16 heavy (non-hydrogen) atoms. The number of hydrogen-bond acceptors (Lipinski definition) is 3. The SMILES string of the molecule is CCCOC(=O)c1cc(Cl)nc(CCC)c1. The fourth-order valence-electron chi connectivity index (χ4n) is 1.33. The minimum atomic E-state index is -0.330. The number of esters is 1. The molecule has 1 heterocycles. The standard InChI is InChI=1S/C12H16ClNO2/c1-3-5-10-7-9(8-11(13)14-10)12(15)16-6-4-2/h7-8H,3-6H2,1-2H3. The molecule has 0 spiro atoms. The molecule has 0 N–H and O–H groups in total. The smallest absolute Gasteiger partial charge is 0.338 e.